The van der Waals surface area contributed by atoms with Crippen LogP contribution in [-0.4, -0.2) is 54.9 Å². The first-order valence-corrected chi connectivity index (χ1v) is 6.53. The van der Waals surface area contributed by atoms with E-state index in [0.29, 0.717) is 26.2 Å². The predicted octanol–water partition coefficient (Wildman–Crippen LogP) is -0.00410. The van der Waals surface area contributed by atoms with Gasteiger partial charge in [-0.3, -0.25) is 9.69 Å². The molecule has 104 valence electrons. The number of aliphatic hydroxyl groups is 1. The molecule has 5 heteroatoms. The van der Waals surface area contributed by atoms with E-state index in [2.05, 4.69) is 5.32 Å². The summed E-state index contributed by atoms with van der Waals surface area (Å²) in [5, 5.41) is 11.9. The molecule has 1 amide bonds. The van der Waals surface area contributed by atoms with E-state index in [1.54, 1.807) is 0 Å². The molecule has 1 saturated heterocycles. The molecule has 5 nitrogen and oxygen atoms in total. The highest BCUT2D eigenvalue weighted by Crippen LogP contribution is 2.04. The Morgan fingerprint density at radius 3 is 2.95 bits per heavy atom. The van der Waals surface area contributed by atoms with Crippen molar-refractivity contribution >= 4 is 5.91 Å². The molecule has 2 rings (SSSR count). The average Bonchev–Trinajstić information content (AvgIpc) is 2.46. The molecule has 2 N–H and O–H groups in total. The van der Waals surface area contributed by atoms with E-state index in [-0.39, 0.29) is 18.6 Å². The van der Waals surface area contributed by atoms with Crippen molar-refractivity contribution in [2.75, 3.05) is 32.8 Å². The van der Waals surface area contributed by atoms with Gasteiger partial charge in [0.25, 0.3) is 0 Å². The molecule has 1 aromatic rings. The van der Waals surface area contributed by atoms with Crippen LogP contribution in [0.2, 0.25) is 0 Å². The first-order valence-electron chi connectivity index (χ1n) is 6.53. The number of ether oxygens (including phenoxy) is 1. The maximum absolute atomic E-state index is 11.8. The summed E-state index contributed by atoms with van der Waals surface area (Å²) in [5.74, 6) is 0.00226. The molecule has 0 bridgehead atoms. The highest BCUT2D eigenvalue weighted by atomic mass is 16.5. The highest BCUT2D eigenvalue weighted by molar-refractivity contribution is 5.78. The molecule has 1 aliphatic rings. The lowest BCUT2D eigenvalue weighted by Gasteiger charge is -2.31. The molecule has 0 spiro atoms. The highest BCUT2D eigenvalue weighted by Gasteiger charge is 2.21. The standard InChI is InChI=1S/C14H20N2O3/c17-11-13-9-16(6-7-19-13)10-14(18)15-8-12-4-2-1-3-5-12/h1-5,13,17H,6-11H2,(H,15,18). The molecule has 0 aliphatic carbocycles. The molecule has 0 saturated carbocycles. The zero-order valence-electron chi connectivity index (χ0n) is 10.9. The third-order valence-corrected chi connectivity index (χ3v) is 3.13. The van der Waals surface area contributed by atoms with Crippen molar-refractivity contribution in [2.24, 2.45) is 0 Å². The van der Waals surface area contributed by atoms with E-state index in [1.807, 2.05) is 35.2 Å². The minimum Gasteiger partial charge on any atom is -0.394 e. The molecule has 19 heavy (non-hydrogen) atoms. The van der Waals surface area contributed by atoms with Crippen molar-refractivity contribution in [1.29, 1.82) is 0 Å². The maximum atomic E-state index is 11.8. The zero-order chi connectivity index (χ0) is 13.5. The van der Waals surface area contributed by atoms with E-state index in [4.69, 9.17) is 9.84 Å². The average molecular weight is 264 g/mol. The van der Waals surface area contributed by atoms with Gasteiger partial charge in [0.15, 0.2) is 0 Å². The van der Waals surface area contributed by atoms with Crippen LogP contribution in [-0.2, 0) is 16.1 Å². The summed E-state index contributed by atoms with van der Waals surface area (Å²) in [4.78, 5) is 13.8. The minimum atomic E-state index is -0.171. The van der Waals surface area contributed by atoms with Gasteiger partial charge in [0.1, 0.15) is 0 Å². The van der Waals surface area contributed by atoms with Gasteiger partial charge in [-0.25, -0.2) is 0 Å². The molecule has 0 aromatic heterocycles. The predicted molar refractivity (Wildman–Crippen MR) is 71.6 cm³/mol. The van der Waals surface area contributed by atoms with Gasteiger partial charge in [-0.05, 0) is 5.56 Å². The van der Waals surface area contributed by atoms with Crippen LogP contribution in [0.1, 0.15) is 5.56 Å². The van der Waals surface area contributed by atoms with Crippen molar-refractivity contribution < 1.29 is 14.6 Å². The van der Waals surface area contributed by atoms with E-state index in [0.717, 1.165) is 12.1 Å². The van der Waals surface area contributed by atoms with Gasteiger partial charge in [0.2, 0.25) is 5.91 Å². The molecule has 1 fully saturated rings. The fourth-order valence-electron chi connectivity index (χ4n) is 2.09. The van der Waals surface area contributed by atoms with E-state index < -0.39 is 0 Å². The Kier molecular flexibility index (Phi) is 5.32. The molecule has 1 atom stereocenters. The Morgan fingerprint density at radius 2 is 2.21 bits per heavy atom. The van der Waals surface area contributed by atoms with Gasteiger partial charge in [-0.15, -0.1) is 0 Å². The van der Waals surface area contributed by atoms with Gasteiger partial charge in [-0.2, -0.15) is 0 Å². The SMILES string of the molecule is O=C(CN1CCOC(CO)C1)NCc1ccccc1. The molecule has 1 aliphatic heterocycles. The summed E-state index contributed by atoms with van der Waals surface area (Å²) in [5.41, 5.74) is 1.09. The summed E-state index contributed by atoms with van der Waals surface area (Å²) in [6.45, 7) is 2.81. The lowest BCUT2D eigenvalue weighted by molar-refractivity contribution is -0.125. The number of benzene rings is 1. The Labute approximate surface area is 113 Å². The third kappa shape index (κ3) is 4.63. The number of aliphatic hydroxyl groups excluding tert-OH is 1. The lowest BCUT2D eigenvalue weighted by Crippen LogP contribution is -2.47. The Balaban J connectivity index is 1.72. The monoisotopic (exact) mass is 264 g/mol. The van der Waals surface area contributed by atoms with Gasteiger partial charge in [0, 0.05) is 19.6 Å². The Morgan fingerprint density at radius 1 is 1.42 bits per heavy atom. The third-order valence-electron chi connectivity index (χ3n) is 3.13. The number of morpholine rings is 1. The summed E-state index contributed by atoms with van der Waals surface area (Å²) in [7, 11) is 0. The van der Waals surface area contributed by atoms with Crippen LogP contribution in [0.15, 0.2) is 30.3 Å². The second kappa shape index (κ2) is 7.23. The number of nitrogens with zero attached hydrogens (tertiary/aromatic N) is 1. The van der Waals surface area contributed by atoms with Gasteiger partial charge >= 0.3 is 0 Å². The first kappa shape index (κ1) is 14.0. The molecule has 0 radical (unpaired) electrons. The Bertz CT molecular complexity index is 397. The van der Waals surface area contributed by atoms with E-state index >= 15 is 0 Å². The van der Waals surface area contributed by atoms with Crippen molar-refractivity contribution in [2.45, 2.75) is 12.6 Å². The number of rotatable bonds is 5. The maximum Gasteiger partial charge on any atom is 0.234 e. The van der Waals surface area contributed by atoms with Crippen molar-refractivity contribution in [3.8, 4) is 0 Å². The fraction of sp³-hybridized carbons (Fsp3) is 0.500. The smallest absolute Gasteiger partial charge is 0.234 e. The van der Waals surface area contributed by atoms with Crippen LogP contribution < -0.4 is 5.32 Å². The number of hydrogen-bond acceptors (Lipinski definition) is 4. The minimum absolute atomic E-state index is 0.00212. The van der Waals surface area contributed by atoms with Crippen LogP contribution >= 0.6 is 0 Å². The summed E-state index contributed by atoms with van der Waals surface area (Å²) in [6, 6.07) is 9.83. The first-order chi connectivity index (χ1) is 9.28. The van der Waals surface area contributed by atoms with Crippen LogP contribution in [0.5, 0.6) is 0 Å². The quantitative estimate of drug-likeness (QED) is 0.785. The number of carbonyl (C=O) groups excluding carboxylic acids is 1. The fourth-order valence-corrected chi connectivity index (χ4v) is 2.09. The van der Waals surface area contributed by atoms with Gasteiger partial charge in [-0.1, -0.05) is 30.3 Å². The lowest BCUT2D eigenvalue weighted by atomic mass is 10.2. The molecule has 1 unspecified atom stereocenters. The Hall–Kier alpha value is -1.43. The molecular formula is C14H20N2O3. The van der Waals surface area contributed by atoms with E-state index in [9.17, 15) is 4.79 Å². The van der Waals surface area contributed by atoms with Crippen LogP contribution in [0, 0.1) is 0 Å². The van der Waals surface area contributed by atoms with Crippen LogP contribution in [0.4, 0.5) is 0 Å². The zero-order valence-corrected chi connectivity index (χ0v) is 10.9. The summed E-state index contributed by atoms with van der Waals surface area (Å²) < 4.78 is 5.34. The van der Waals surface area contributed by atoms with Gasteiger partial charge < -0.3 is 15.2 Å². The molecule has 1 heterocycles. The number of amides is 1. The second-order valence-electron chi connectivity index (χ2n) is 4.67. The topological polar surface area (TPSA) is 61.8 Å². The molecule has 1 aromatic carbocycles. The number of hydrogen-bond donors (Lipinski definition) is 2. The second-order valence-corrected chi connectivity index (χ2v) is 4.67. The number of carbonyl (C=O) groups is 1. The van der Waals surface area contributed by atoms with Crippen molar-refractivity contribution in [3.63, 3.8) is 0 Å². The van der Waals surface area contributed by atoms with Crippen LogP contribution in [0.25, 0.3) is 0 Å². The van der Waals surface area contributed by atoms with Crippen molar-refractivity contribution in [1.82, 2.24) is 10.2 Å². The van der Waals surface area contributed by atoms with Gasteiger partial charge in [0.05, 0.1) is 25.9 Å². The molecular weight excluding hydrogens is 244 g/mol. The summed E-state index contributed by atoms with van der Waals surface area (Å²) >= 11 is 0. The van der Waals surface area contributed by atoms with Crippen molar-refractivity contribution in [3.05, 3.63) is 35.9 Å². The van der Waals surface area contributed by atoms with Crippen LogP contribution in [0.3, 0.4) is 0 Å². The largest absolute Gasteiger partial charge is 0.394 e. The number of nitrogens with one attached hydrogen (secondary N) is 1. The van der Waals surface area contributed by atoms with E-state index in [1.165, 1.54) is 0 Å². The normalized spacial score (nSPS) is 20.2. The summed E-state index contributed by atoms with van der Waals surface area (Å²) in [6.07, 6.45) is -0.171.